The molecule has 6 nitrogen and oxygen atoms in total. The number of carbonyl (C=O) groups excluding carboxylic acids is 1. The van der Waals surface area contributed by atoms with E-state index >= 15 is 0 Å². The van der Waals surface area contributed by atoms with E-state index in [1.807, 2.05) is 13.0 Å². The van der Waals surface area contributed by atoms with E-state index in [1.54, 1.807) is 68.6 Å². The topological polar surface area (TPSA) is 66.9 Å². The smallest absolute Gasteiger partial charge is 0.410 e. The van der Waals surface area contributed by atoms with Gasteiger partial charge in [0, 0.05) is 45.0 Å². The van der Waals surface area contributed by atoms with Gasteiger partial charge in [-0.05, 0) is 31.2 Å². The molecule has 0 radical (unpaired) electrons. The van der Waals surface area contributed by atoms with Crippen LogP contribution in [0, 0.1) is 6.92 Å². The normalized spacial score (nSPS) is 13.6. The number of rotatable bonds is 3. The summed E-state index contributed by atoms with van der Waals surface area (Å²) in [7, 11) is 1.32. The third kappa shape index (κ3) is 3.68. The van der Waals surface area contributed by atoms with Crippen LogP contribution in [-0.2, 0) is 16.3 Å². The molecule has 0 bridgehead atoms. The minimum Gasteiger partial charge on any atom is -0.410 e. The predicted molar refractivity (Wildman–Crippen MR) is 105 cm³/mol. The van der Waals surface area contributed by atoms with Crippen LogP contribution in [-0.4, -0.2) is 40.6 Å². The molecule has 3 rings (SSSR count). The standard InChI is InChI=1S/C20H22N2O4S/c1-14-8-10-15(11-9-14)27(24,25)16-12-17-18(22(4)13-16)6-5-7-19(17)26-20(23)21(2)3/h5-11,13H,12H2,1-4H3. The molecule has 1 amide bonds. The zero-order chi connectivity index (χ0) is 19.8. The highest BCUT2D eigenvalue weighted by Crippen LogP contribution is 2.38. The third-order valence-corrected chi connectivity index (χ3v) is 6.25. The van der Waals surface area contributed by atoms with Crippen molar-refractivity contribution in [2.75, 3.05) is 26.0 Å². The fourth-order valence-corrected chi connectivity index (χ4v) is 4.31. The fraction of sp³-hybridized carbons (Fsp3) is 0.250. The van der Waals surface area contributed by atoms with Crippen LogP contribution in [0.15, 0.2) is 58.5 Å². The first-order chi connectivity index (χ1) is 12.7. The predicted octanol–water partition coefficient (Wildman–Crippen LogP) is 3.36. The number of allylic oxidation sites excluding steroid dienone is 1. The zero-order valence-corrected chi connectivity index (χ0v) is 16.6. The molecule has 2 aromatic carbocycles. The zero-order valence-electron chi connectivity index (χ0n) is 15.8. The van der Waals surface area contributed by atoms with E-state index in [0.717, 1.165) is 11.3 Å². The Labute approximate surface area is 159 Å². The molecule has 0 saturated carbocycles. The first kappa shape index (κ1) is 19.0. The molecule has 0 aliphatic carbocycles. The maximum atomic E-state index is 13.1. The van der Waals surface area contributed by atoms with Gasteiger partial charge in [-0.15, -0.1) is 0 Å². The maximum absolute atomic E-state index is 13.1. The van der Waals surface area contributed by atoms with Crippen molar-refractivity contribution in [3.05, 3.63) is 64.7 Å². The van der Waals surface area contributed by atoms with Crippen LogP contribution in [0.5, 0.6) is 5.75 Å². The van der Waals surface area contributed by atoms with Gasteiger partial charge in [0.15, 0.2) is 0 Å². The van der Waals surface area contributed by atoms with Gasteiger partial charge in [0.1, 0.15) is 5.75 Å². The molecule has 7 heteroatoms. The number of aryl methyl sites for hydroxylation is 1. The molecular formula is C20H22N2O4S. The molecular weight excluding hydrogens is 364 g/mol. The first-order valence-electron chi connectivity index (χ1n) is 8.46. The van der Waals surface area contributed by atoms with Crippen molar-refractivity contribution in [1.82, 2.24) is 4.90 Å². The number of anilines is 1. The lowest BCUT2D eigenvalue weighted by atomic mass is 10.0. The van der Waals surface area contributed by atoms with Crippen LogP contribution < -0.4 is 9.64 Å². The molecule has 1 aliphatic heterocycles. The quantitative estimate of drug-likeness (QED) is 0.809. The molecule has 27 heavy (non-hydrogen) atoms. The Hall–Kier alpha value is -2.80. The number of nitrogens with zero attached hydrogens (tertiary/aromatic N) is 2. The van der Waals surface area contributed by atoms with Crippen LogP contribution in [0.1, 0.15) is 11.1 Å². The second kappa shape index (κ2) is 7.08. The summed E-state index contributed by atoms with van der Waals surface area (Å²) in [5, 5.41) is 0. The molecule has 0 aromatic heterocycles. The number of carbonyl (C=O) groups is 1. The molecule has 0 N–H and O–H groups in total. The lowest BCUT2D eigenvalue weighted by molar-refractivity contribution is 0.171. The van der Waals surface area contributed by atoms with Crippen LogP contribution in [0.25, 0.3) is 0 Å². The van der Waals surface area contributed by atoms with E-state index in [2.05, 4.69) is 0 Å². The van der Waals surface area contributed by atoms with E-state index in [0.29, 0.717) is 11.3 Å². The van der Waals surface area contributed by atoms with Gasteiger partial charge in [0.2, 0.25) is 9.84 Å². The van der Waals surface area contributed by atoms with Crippen LogP contribution in [0.2, 0.25) is 0 Å². The number of hydrogen-bond donors (Lipinski definition) is 0. The van der Waals surface area contributed by atoms with E-state index in [1.165, 1.54) is 4.90 Å². The first-order valence-corrected chi connectivity index (χ1v) is 9.95. The highest BCUT2D eigenvalue weighted by Gasteiger charge is 2.28. The Morgan fingerprint density at radius 1 is 1.11 bits per heavy atom. The van der Waals surface area contributed by atoms with E-state index < -0.39 is 15.9 Å². The minimum atomic E-state index is -3.65. The van der Waals surface area contributed by atoms with Crippen molar-refractivity contribution in [2.24, 2.45) is 0 Å². The van der Waals surface area contributed by atoms with Crippen molar-refractivity contribution >= 4 is 21.6 Å². The summed E-state index contributed by atoms with van der Waals surface area (Å²) in [5.74, 6) is 0.364. The summed E-state index contributed by atoms with van der Waals surface area (Å²) in [5.41, 5.74) is 2.47. The highest BCUT2D eigenvalue weighted by atomic mass is 32.2. The summed E-state index contributed by atoms with van der Waals surface area (Å²) in [6.07, 6.45) is 1.27. The van der Waals surface area contributed by atoms with Crippen molar-refractivity contribution in [3.8, 4) is 5.75 Å². The van der Waals surface area contributed by atoms with Gasteiger partial charge in [-0.2, -0.15) is 0 Å². The van der Waals surface area contributed by atoms with Gasteiger partial charge in [-0.25, -0.2) is 13.2 Å². The molecule has 0 atom stereocenters. The van der Waals surface area contributed by atoms with Crippen molar-refractivity contribution in [3.63, 3.8) is 0 Å². The van der Waals surface area contributed by atoms with Gasteiger partial charge in [-0.3, -0.25) is 0 Å². The number of sulfone groups is 1. The van der Waals surface area contributed by atoms with Crippen LogP contribution in [0.4, 0.5) is 10.5 Å². The van der Waals surface area contributed by atoms with Crippen LogP contribution >= 0.6 is 0 Å². The summed E-state index contributed by atoms with van der Waals surface area (Å²) >= 11 is 0. The number of amides is 1. The Bertz CT molecular complexity index is 1010. The monoisotopic (exact) mass is 386 g/mol. The summed E-state index contributed by atoms with van der Waals surface area (Å²) < 4.78 is 31.6. The Kier molecular flexibility index (Phi) is 4.97. The highest BCUT2D eigenvalue weighted by molar-refractivity contribution is 7.95. The number of benzene rings is 2. The molecule has 0 unspecified atom stereocenters. The summed E-state index contributed by atoms with van der Waals surface area (Å²) in [6, 6.07) is 12.1. The van der Waals surface area contributed by atoms with Gasteiger partial charge in [0.05, 0.1) is 9.80 Å². The molecule has 0 spiro atoms. The van der Waals surface area contributed by atoms with Crippen molar-refractivity contribution < 1.29 is 17.9 Å². The Morgan fingerprint density at radius 2 is 1.78 bits per heavy atom. The Morgan fingerprint density at radius 3 is 2.41 bits per heavy atom. The van der Waals surface area contributed by atoms with Gasteiger partial charge in [-0.1, -0.05) is 23.8 Å². The van der Waals surface area contributed by atoms with E-state index in [-0.39, 0.29) is 16.2 Å². The lowest BCUT2D eigenvalue weighted by Gasteiger charge is -2.27. The molecule has 0 saturated heterocycles. The molecule has 0 fully saturated rings. The molecule has 1 heterocycles. The van der Waals surface area contributed by atoms with E-state index in [9.17, 15) is 13.2 Å². The average molecular weight is 386 g/mol. The molecule has 142 valence electrons. The van der Waals surface area contributed by atoms with Gasteiger partial charge < -0.3 is 14.5 Å². The largest absolute Gasteiger partial charge is 0.414 e. The second-order valence-corrected chi connectivity index (χ2v) is 8.72. The number of hydrogen-bond acceptors (Lipinski definition) is 5. The SMILES string of the molecule is Cc1ccc(S(=O)(=O)C2=CN(C)c3cccc(OC(=O)N(C)C)c3C2)cc1. The second-order valence-electron chi connectivity index (χ2n) is 6.72. The minimum absolute atomic E-state index is 0.159. The van der Waals surface area contributed by atoms with Gasteiger partial charge >= 0.3 is 6.09 Å². The number of ether oxygens (including phenoxy) is 1. The fourth-order valence-electron chi connectivity index (χ4n) is 2.88. The number of fused-ring (bicyclic) bond motifs is 1. The maximum Gasteiger partial charge on any atom is 0.414 e. The third-order valence-electron chi connectivity index (χ3n) is 4.42. The van der Waals surface area contributed by atoms with Crippen LogP contribution in [0.3, 0.4) is 0 Å². The molecule has 1 aliphatic rings. The average Bonchev–Trinajstić information content (AvgIpc) is 2.62. The Balaban J connectivity index is 2.01. The summed E-state index contributed by atoms with van der Waals surface area (Å²) in [4.78, 5) is 15.5. The van der Waals surface area contributed by atoms with Crippen molar-refractivity contribution in [1.29, 1.82) is 0 Å². The van der Waals surface area contributed by atoms with Crippen molar-refractivity contribution in [2.45, 2.75) is 18.2 Å². The summed E-state index contributed by atoms with van der Waals surface area (Å²) in [6.45, 7) is 1.91. The van der Waals surface area contributed by atoms with Gasteiger partial charge in [0.25, 0.3) is 0 Å². The molecule has 2 aromatic rings. The van der Waals surface area contributed by atoms with E-state index in [4.69, 9.17) is 4.74 Å². The lowest BCUT2D eigenvalue weighted by Crippen LogP contribution is -2.27.